The molecule has 1 heterocycles. The number of aromatic nitrogens is 2. The molecule has 0 aliphatic carbocycles. The quantitative estimate of drug-likeness (QED) is 0.555. The van der Waals surface area contributed by atoms with Crippen molar-refractivity contribution in [1.29, 1.82) is 0 Å². The largest absolute Gasteiger partial charge is 0.350 e. The van der Waals surface area contributed by atoms with Gasteiger partial charge in [-0.2, -0.15) is 0 Å². The molecule has 2 aromatic carbocycles. The number of carbonyl (C=O) groups excluding carboxylic acids is 2. The minimum absolute atomic E-state index is 0.0146. The molecule has 2 N–H and O–H groups in total. The Labute approximate surface area is 181 Å². The van der Waals surface area contributed by atoms with E-state index in [1.165, 1.54) is 11.8 Å². The second-order valence-corrected chi connectivity index (χ2v) is 8.32. The van der Waals surface area contributed by atoms with Gasteiger partial charge in [-0.15, -0.1) is 0 Å². The highest BCUT2D eigenvalue weighted by Crippen LogP contribution is 2.24. The van der Waals surface area contributed by atoms with Crippen LogP contribution in [0, 0.1) is 13.8 Å². The van der Waals surface area contributed by atoms with Crippen LogP contribution >= 0.6 is 11.8 Å². The summed E-state index contributed by atoms with van der Waals surface area (Å²) in [6, 6.07) is 13.3. The van der Waals surface area contributed by atoms with E-state index < -0.39 is 0 Å². The lowest BCUT2D eigenvalue weighted by molar-refractivity contribution is -0.113. The van der Waals surface area contributed by atoms with Crippen LogP contribution in [0.15, 0.2) is 60.0 Å². The van der Waals surface area contributed by atoms with E-state index in [-0.39, 0.29) is 23.6 Å². The van der Waals surface area contributed by atoms with Crippen LogP contribution in [0.3, 0.4) is 0 Å². The first-order chi connectivity index (χ1) is 14.3. The number of carbonyl (C=O) groups is 2. The zero-order chi connectivity index (χ0) is 21.7. The van der Waals surface area contributed by atoms with Crippen molar-refractivity contribution in [2.45, 2.75) is 38.9 Å². The lowest BCUT2D eigenvalue weighted by atomic mass is 10.1. The number of nitrogens with zero attached hydrogens (tertiary/aromatic N) is 2. The Balaban J connectivity index is 1.69. The lowest BCUT2D eigenvalue weighted by Crippen LogP contribution is -2.31. The van der Waals surface area contributed by atoms with E-state index in [1.54, 1.807) is 30.5 Å². The first-order valence-corrected chi connectivity index (χ1v) is 10.8. The number of thioether (sulfide) groups is 1. The molecular formula is C23H26N4O2S. The summed E-state index contributed by atoms with van der Waals surface area (Å²) in [6.45, 7) is 7.89. The minimum atomic E-state index is -0.209. The van der Waals surface area contributed by atoms with Crippen LogP contribution in [-0.4, -0.2) is 33.2 Å². The molecule has 0 saturated carbocycles. The molecule has 0 radical (unpaired) electrons. The Hall–Kier alpha value is -3.06. The van der Waals surface area contributed by atoms with Crippen molar-refractivity contribution in [3.05, 3.63) is 71.5 Å². The monoisotopic (exact) mass is 422 g/mol. The van der Waals surface area contributed by atoms with Crippen molar-refractivity contribution in [2.24, 2.45) is 0 Å². The highest BCUT2D eigenvalue weighted by atomic mass is 32.2. The van der Waals surface area contributed by atoms with E-state index in [1.807, 2.05) is 31.5 Å². The smallest absolute Gasteiger partial charge is 0.253 e. The molecule has 30 heavy (non-hydrogen) atoms. The van der Waals surface area contributed by atoms with Crippen LogP contribution in [0.5, 0.6) is 0 Å². The molecule has 156 valence electrons. The Morgan fingerprint density at radius 2 is 1.90 bits per heavy atom. The van der Waals surface area contributed by atoms with Crippen LogP contribution in [0.1, 0.15) is 35.3 Å². The van der Waals surface area contributed by atoms with Gasteiger partial charge in [0.25, 0.3) is 5.91 Å². The number of nitrogens with one attached hydrogen (secondary N) is 2. The number of hydrogen-bond donors (Lipinski definition) is 2. The van der Waals surface area contributed by atoms with Crippen molar-refractivity contribution in [1.82, 2.24) is 14.9 Å². The summed E-state index contributed by atoms with van der Waals surface area (Å²) in [7, 11) is 0. The van der Waals surface area contributed by atoms with Gasteiger partial charge in [0.05, 0.1) is 22.7 Å². The van der Waals surface area contributed by atoms with Gasteiger partial charge in [-0.25, -0.2) is 4.98 Å². The normalized spacial score (nSPS) is 10.8. The Bertz CT molecular complexity index is 1060. The fourth-order valence-electron chi connectivity index (χ4n) is 3.01. The highest BCUT2D eigenvalue weighted by Gasteiger charge is 2.15. The molecule has 6 nitrogen and oxygen atoms in total. The third-order valence-corrected chi connectivity index (χ3v) is 5.40. The van der Waals surface area contributed by atoms with Crippen molar-refractivity contribution >= 4 is 29.3 Å². The molecule has 0 saturated heterocycles. The second-order valence-electron chi connectivity index (χ2n) is 7.38. The van der Waals surface area contributed by atoms with Gasteiger partial charge in [0, 0.05) is 18.4 Å². The van der Waals surface area contributed by atoms with Crippen LogP contribution < -0.4 is 10.6 Å². The van der Waals surface area contributed by atoms with Crippen molar-refractivity contribution in [3.63, 3.8) is 0 Å². The number of rotatable bonds is 7. The van der Waals surface area contributed by atoms with Gasteiger partial charge in [0.15, 0.2) is 5.16 Å². The fraction of sp³-hybridized carbons (Fsp3) is 0.261. The maximum atomic E-state index is 12.6. The molecule has 0 bridgehead atoms. The number of amides is 2. The molecule has 3 aromatic rings. The topological polar surface area (TPSA) is 76.0 Å². The highest BCUT2D eigenvalue weighted by molar-refractivity contribution is 7.99. The summed E-state index contributed by atoms with van der Waals surface area (Å²) in [5.41, 5.74) is 4.29. The van der Waals surface area contributed by atoms with Gasteiger partial charge in [-0.05, 0) is 57.0 Å². The molecule has 0 fully saturated rings. The minimum Gasteiger partial charge on any atom is -0.350 e. The second kappa shape index (κ2) is 9.63. The predicted octanol–water partition coefficient (Wildman–Crippen LogP) is 4.36. The van der Waals surface area contributed by atoms with Crippen LogP contribution in [0.4, 0.5) is 5.69 Å². The average Bonchev–Trinajstić information content (AvgIpc) is 3.16. The molecule has 7 heteroatoms. The molecule has 3 rings (SSSR count). The number of aryl methyl sites for hydroxylation is 2. The molecule has 2 amide bonds. The van der Waals surface area contributed by atoms with Gasteiger partial charge < -0.3 is 10.6 Å². The standard InChI is InChI=1S/C23H26N4O2S/c1-15(2)25-22(29)18-7-5-6-8-19(18)26-21(28)14-30-23-24-11-12-27(23)20-13-16(3)9-10-17(20)4/h5-13,15H,14H2,1-4H3,(H,25,29)(H,26,28). The van der Waals surface area contributed by atoms with Gasteiger partial charge >= 0.3 is 0 Å². The van der Waals surface area contributed by atoms with E-state index in [4.69, 9.17) is 0 Å². The van der Waals surface area contributed by atoms with Gasteiger partial charge in [0.1, 0.15) is 0 Å². The Morgan fingerprint density at radius 3 is 2.67 bits per heavy atom. The van der Waals surface area contributed by atoms with Crippen LogP contribution in [0.25, 0.3) is 5.69 Å². The summed E-state index contributed by atoms with van der Waals surface area (Å²) in [5.74, 6) is -0.221. The predicted molar refractivity (Wildman–Crippen MR) is 121 cm³/mol. The zero-order valence-electron chi connectivity index (χ0n) is 17.6. The summed E-state index contributed by atoms with van der Waals surface area (Å²) >= 11 is 1.35. The summed E-state index contributed by atoms with van der Waals surface area (Å²) < 4.78 is 1.99. The van der Waals surface area contributed by atoms with E-state index in [0.717, 1.165) is 22.0 Å². The molecule has 0 aliphatic heterocycles. The van der Waals surface area contributed by atoms with E-state index in [2.05, 4.69) is 40.7 Å². The zero-order valence-corrected chi connectivity index (χ0v) is 18.4. The molecular weight excluding hydrogens is 396 g/mol. The molecule has 0 unspecified atom stereocenters. The van der Waals surface area contributed by atoms with Gasteiger partial charge in [0.2, 0.25) is 5.91 Å². The number of imidazole rings is 1. The van der Waals surface area contributed by atoms with Crippen LogP contribution in [0.2, 0.25) is 0 Å². The fourth-order valence-corrected chi connectivity index (χ4v) is 3.77. The summed E-state index contributed by atoms with van der Waals surface area (Å²) in [6.07, 6.45) is 3.63. The number of anilines is 1. The summed E-state index contributed by atoms with van der Waals surface area (Å²) in [5, 5.41) is 6.44. The molecule has 0 aliphatic rings. The van der Waals surface area contributed by atoms with Gasteiger partial charge in [-0.3, -0.25) is 14.2 Å². The molecule has 1 aromatic heterocycles. The Kier molecular flexibility index (Phi) is 6.95. The first-order valence-electron chi connectivity index (χ1n) is 9.78. The van der Waals surface area contributed by atoms with Crippen molar-refractivity contribution < 1.29 is 9.59 Å². The maximum absolute atomic E-state index is 12.6. The molecule has 0 spiro atoms. The third kappa shape index (κ3) is 5.30. The van der Waals surface area contributed by atoms with E-state index >= 15 is 0 Å². The van der Waals surface area contributed by atoms with Crippen LogP contribution in [-0.2, 0) is 4.79 Å². The van der Waals surface area contributed by atoms with Crippen molar-refractivity contribution in [3.8, 4) is 5.69 Å². The van der Waals surface area contributed by atoms with Gasteiger partial charge in [-0.1, -0.05) is 36.0 Å². The van der Waals surface area contributed by atoms with E-state index in [9.17, 15) is 9.59 Å². The first kappa shape index (κ1) is 21.6. The van der Waals surface area contributed by atoms with E-state index in [0.29, 0.717) is 11.3 Å². The lowest BCUT2D eigenvalue weighted by Gasteiger charge is -2.13. The Morgan fingerprint density at radius 1 is 1.13 bits per heavy atom. The number of hydrogen-bond acceptors (Lipinski definition) is 4. The number of para-hydroxylation sites is 1. The van der Waals surface area contributed by atoms with Crippen molar-refractivity contribution in [2.75, 3.05) is 11.1 Å². The maximum Gasteiger partial charge on any atom is 0.253 e. The SMILES string of the molecule is Cc1ccc(C)c(-n2ccnc2SCC(=O)Nc2ccccc2C(=O)NC(C)C)c1. The summed E-state index contributed by atoms with van der Waals surface area (Å²) in [4.78, 5) is 29.4. The average molecular weight is 423 g/mol. The third-order valence-electron chi connectivity index (χ3n) is 4.43. The number of benzene rings is 2. The molecule has 0 atom stereocenters.